The Kier molecular flexibility index (Phi) is 6.01. The smallest absolute Gasteiger partial charge is 0.323 e. The molecule has 0 bridgehead atoms. The molecule has 0 saturated carbocycles. The second kappa shape index (κ2) is 8.49. The summed E-state index contributed by atoms with van der Waals surface area (Å²) in [6, 6.07) is 1.25. The SMILES string of the molecule is Cc1noc(C)c1-c1ccc(N(C(=O)NCCC(=O)O)[C@H]2C(=O)C=CN(C)C2=O)s1. The van der Waals surface area contributed by atoms with Crippen molar-refractivity contribution in [2.24, 2.45) is 0 Å². The molecule has 0 unspecified atom stereocenters. The zero-order valence-corrected chi connectivity index (χ0v) is 17.4. The number of carboxylic acid groups (broad SMARTS) is 1. The number of ketones is 1. The highest BCUT2D eigenvalue weighted by molar-refractivity contribution is 7.19. The second-order valence-electron chi connectivity index (χ2n) is 6.65. The summed E-state index contributed by atoms with van der Waals surface area (Å²) in [4.78, 5) is 51.9. The number of carbonyl (C=O) groups is 4. The molecule has 30 heavy (non-hydrogen) atoms. The molecule has 3 rings (SSSR count). The average Bonchev–Trinajstić information content (AvgIpc) is 3.27. The number of carboxylic acids is 1. The van der Waals surface area contributed by atoms with Gasteiger partial charge in [0.15, 0.2) is 11.8 Å². The van der Waals surface area contributed by atoms with Crippen molar-refractivity contribution in [2.75, 3.05) is 18.5 Å². The molecule has 1 aliphatic heterocycles. The standard InChI is InChI=1S/C19H20N4O6S/c1-10-16(11(2)29-21-10)13-4-5-14(30-13)23(19(28)20-8-6-15(25)26)17-12(24)7-9-22(3)18(17)27/h4-5,7,9,17H,6,8H2,1-3H3,(H,20,28)(H,25,26)/t17-/m0/s1. The van der Waals surface area contributed by atoms with Gasteiger partial charge in [-0.15, -0.1) is 11.3 Å². The number of hydrogen-bond donors (Lipinski definition) is 2. The molecular weight excluding hydrogens is 412 g/mol. The van der Waals surface area contributed by atoms with E-state index in [-0.39, 0.29) is 13.0 Å². The van der Waals surface area contributed by atoms with Gasteiger partial charge in [0.25, 0.3) is 5.91 Å². The molecule has 2 N–H and O–H groups in total. The number of urea groups is 1. The van der Waals surface area contributed by atoms with Crippen LogP contribution in [0.5, 0.6) is 0 Å². The first kappa shape index (κ1) is 21.2. The number of rotatable bonds is 6. The molecule has 0 fully saturated rings. The predicted octanol–water partition coefficient (Wildman–Crippen LogP) is 1.93. The first-order chi connectivity index (χ1) is 14.2. The minimum atomic E-state index is -1.39. The molecule has 1 aliphatic rings. The molecular formula is C19H20N4O6S. The lowest BCUT2D eigenvalue weighted by atomic mass is 10.1. The van der Waals surface area contributed by atoms with Crippen LogP contribution in [0.1, 0.15) is 17.9 Å². The van der Waals surface area contributed by atoms with Crippen molar-refractivity contribution in [3.8, 4) is 10.4 Å². The van der Waals surface area contributed by atoms with Gasteiger partial charge in [-0.2, -0.15) is 0 Å². The first-order valence-corrected chi connectivity index (χ1v) is 9.83. The Morgan fingerprint density at radius 3 is 2.70 bits per heavy atom. The highest BCUT2D eigenvalue weighted by Gasteiger charge is 2.40. The molecule has 0 saturated heterocycles. The Hall–Kier alpha value is -3.47. The molecule has 0 radical (unpaired) electrons. The van der Waals surface area contributed by atoms with Gasteiger partial charge in [0.05, 0.1) is 17.7 Å². The highest BCUT2D eigenvalue weighted by atomic mass is 32.1. The van der Waals surface area contributed by atoms with Gasteiger partial charge in [-0.25, -0.2) is 4.79 Å². The fourth-order valence-corrected chi connectivity index (χ4v) is 4.21. The fraction of sp³-hybridized carbons (Fsp3) is 0.316. The number of amides is 3. The number of aromatic nitrogens is 1. The lowest BCUT2D eigenvalue weighted by Crippen LogP contribution is -2.57. The van der Waals surface area contributed by atoms with E-state index in [4.69, 9.17) is 9.63 Å². The normalized spacial score (nSPS) is 16.1. The monoisotopic (exact) mass is 432 g/mol. The summed E-state index contributed by atoms with van der Waals surface area (Å²) in [5.41, 5.74) is 1.45. The van der Waals surface area contributed by atoms with Crippen LogP contribution in [0.25, 0.3) is 10.4 Å². The van der Waals surface area contributed by atoms with Crippen LogP contribution < -0.4 is 10.2 Å². The van der Waals surface area contributed by atoms with E-state index in [1.54, 1.807) is 26.0 Å². The topological polar surface area (TPSA) is 133 Å². The van der Waals surface area contributed by atoms with Crippen LogP contribution in [0, 0.1) is 13.8 Å². The molecule has 0 aromatic carbocycles. The number of thiophene rings is 1. The minimum Gasteiger partial charge on any atom is -0.481 e. The van der Waals surface area contributed by atoms with E-state index in [0.717, 1.165) is 15.3 Å². The number of anilines is 1. The number of aryl methyl sites for hydroxylation is 2. The number of likely N-dealkylation sites (N-methyl/N-ethyl adjacent to an activating group) is 1. The van der Waals surface area contributed by atoms with E-state index in [1.807, 2.05) is 0 Å². The molecule has 0 aliphatic carbocycles. The molecule has 1 atom stereocenters. The van der Waals surface area contributed by atoms with Crippen LogP contribution in [0.2, 0.25) is 0 Å². The van der Waals surface area contributed by atoms with E-state index >= 15 is 0 Å². The lowest BCUT2D eigenvalue weighted by Gasteiger charge is -2.32. The summed E-state index contributed by atoms with van der Waals surface area (Å²) in [6.07, 6.45) is 2.28. The molecule has 158 valence electrons. The Morgan fingerprint density at radius 2 is 2.07 bits per heavy atom. The lowest BCUT2D eigenvalue weighted by molar-refractivity contribution is -0.137. The Labute approximate surface area is 175 Å². The molecule has 3 amide bonds. The zero-order chi connectivity index (χ0) is 22.0. The molecule has 0 spiro atoms. The van der Waals surface area contributed by atoms with Gasteiger partial charge in [0, 0.05) is 30.7 Å². The van der Waals surface area contributed by atoms with Gasteiger partial charge in [-0.3, -0.25) is 19.3 Å². The summed E-state index contributed by atoms with van der Waals surface area (Å²) in [6.45, 7) is 3.40. The third kappa shape index (κ3) is 4.10. The third-order valence-corrected chi connectivity index (χ3v) is 5.62. The van der Waals surface area contributed by atoms with Gasteiger partial charge >= 0.3 is 12.0 Å². The van der Waals surface area contributed by atoms with E-state index in [2.05, 4.69) is 10.5 Å². The van der Waals surface area contributed by atoms with Crippen LogP contribution in [0.15, 0.2) is 28.9 Å². The van der Waals surface area contributed by atoms with Gasteiger partial charge in [-0.05, 0) is 26.0 Å². The van der Waals surface area contributed by atoms with Gasteiger partial charge < -0.3 is 19.8 Å². The summed E-state index contributed by atoms with van der Waals surface area (Å²) < 4.78 is 5.19. The van der Waals surface area contributed by atoms with Crippen LogP contribution in [-0.4, -0.2) is 58.5 Å². The van der Waals surface area contributed by atoms with E-state index in [1.165, 1.54) is 35.6 Å². The fourth-order valence-electron chi connectivity index (χ4n) is 3.03. The molecule has 2 aromatic heterocycles. The maximum atomic E-state index is 12.9. The predicted molar refractivity (Wildman–Crippen MR) is 108 cm³/mol. The van der Waals surface area contributed by atoms with Crippen molar-refractivity contribution in [3.05, 3.63) is 35.9 Å². The van der Waals surface area contributed by atoms with Crippen LogP contribution in [-0.2, 0) is 14.4 Å². The van der Waals surface area contributed by atoms with Crippen molar-refractivity contribution in [1.82, 2.24) is 15.4 Å². The van der Waals surface area contributed by atoms with E-state index in [9.17, 15) is 19.2 Å². The van der Waals surface area contributed by atoms with Crippen molar-refractivity contribution < 1.29 is 28.8 Å². The van der Waals surface area contributed by atoms with E-state index < -0.39 is 29.7 Å². The van der Waals surface area contributed by atoms with Crippen LogP contribution in [0.4, 0.5) is 9.80 Å². The number of hydrogen-bond acceptors (Lipinski definition) is 7. The van der Waals surface area contributed by atoms with Crippen molar-refractivity contribution in [3.63, 3.8) is 0 Å². The quantitative estimate of drug-likeness (QED) is 0.666. The van der Waals surface area contributed by atoms with Gasteiger partial charge in [0.1, 0.15) is 10.8 Å². The van der Waals surface area contributed by atoms with Gasteiger partial charge in [0.2, 0.25) is 0 Å². The third-order valence-electron chi connectivity index (χ3n) is 4.51. The van der Waals surface area contributed by atoms with Gasteiger partial charge in [-0.1, -0.05) is 5.16 Å². The van der Waals surface area contributed by atoms with E-state index in [0.29, 0.717) is 16.5 Å². The molecule has 2 aromatic rings. The Bertz CT molecular complexity index is 1020. The van der Waals surface area contributed by atoms with Crippen LogP contribution >= 0.6 is 11.3 Å². The van der Waals surface area contributed by atoms with Crippen molar-refractivity contribution >= 4 is 40.0 Å². The first-order valence-electron chi connectivity index (χ1n) is 9.01. The summed E-state index contributed by atoms with van der Waals surface area (Å²) >= 11 is 1.20. The molecule has 3 heterocycles. The van der Waals surface area contributed by atoms with Crippen molar-refractivity contribution in [2.45, 2.75) is 26.3 Å². The highest BCUT2D eigenvalue weighted by Crippen LogP contribution is 2.38. The summed E-state index contributed by atoms with van der Waals surface area (Å²) in [5.74, 6) is -1.58. The largest absolute Gasteiger partial charge is 0.481 e. The number of aliphatic carboxylic acids is 1. The number of nitrogens with zero attached hydrogens (tertiary/aromatic N) is 3. The summed E-state index contributed by atoms with van der Waals surface area (Å²) in [5, 5.41) is 15.6. The Morgan fingerprint density at radius 1 is 1.33 bits per heavy atom. The number of nitrogens with one attached hydrogen (secondary N) is 1. The minimum absolute atomic E-state index is 0.145. The van der Waals surface area contributed by atoms with Crippen molar-refractivity contribution in [1.29, 1.82) is 0 Å². The molecule has 10 nitrogen and oxygen atoms in total. The number of carbonyl (C=O) groups excluding carboxylic acids is 3. The zero-order valence-electron chi connectivity index (χ0n) is 16.5. The molecule has 11 heteroatoms. The Balaban J connectivity index is 1.99. The average molecular weight is 432 g/mol. The summed E-state index contributed by atoms with van der Waals surface area (Å²) in [7, 11) is 1.49. The van der Waals surface area contributed by atoms with Crippen LogP contribution in [0.3, 0.4) is 0 Å². The maximum absolute atomic E-state index is 12.9. The maximum Gasteiger partial charge on any atom is 0.323 e. The second-order valence-corrected chi connectivity index (χ2v) is 7.71.